The van der Waals surface area contributed by atoms with Crippen molar-refractivity contribution >= 4 is 17.5 Å². The van der Waals surface area contributed by atoms with Crippen LogP contribution in [-0.4, -0.2) is 29.0 Å². The van der Waals surface area contributed by atoms with E-state index in [4.69, 9.17) is 11.6 Å². The van der Waals surface area contributed by atoms with E-state index in [-0.39, 0.29) is 18.3 Å². The zero-order chi connectivity index (χ0) is 12.1. The van der Waals surface area contributed by atoms with Crippen LogP contribution < -0.4 is 5.32 Å². The fourth-order valence-corrected chi connectivity index (χ4v) is 1.32. The molecule has 0 aromatic carbocycles. The van der Waals surface area contributed by atoms with Gasteiger partial charge in [0, 0.05) is 12.4 Å². The van der Waals surface area contributed by atoms with Gasteiger partial charge in [-0.15, -0.1) is 11.6 Å². The molecule has 1 amide bonds. The van der Waals surface area contributed by atoms with Gasteiger partial charge < -0.3 is 10.4 Å². The van der Waals surface area contributed by atoms with E-state index in [2.05, 4.69) is 5.32 Å². The lowest BCUT2D eigenvalue weighted by molar-refractivity contribution is -0.129. The number of carbonyl (C=O) groups is 1. The van der Waals surface area contributed by atoms with Crippen LogP contribution in [-0.2, 0) is 4.79 Å². The van der Waals surface area contributed by atoms with Crippen LogP contribution in [0.25, 0.3) is 0 Å². The molecule has 0 aliphatic rings. The first kappa shape index (κ1) is 14.7. The van der Waals surface area contributed by atoms with Crippen molar-refractivity contribution in [1.29, 1.82) is 0 Å². The van der Waals surface area contributed by atoms with Gasteiger partial charge in [0.2, 0.25) is 5.91 Å². The van der Waals surface area contributed by atoms with E-state index in [0.717, 1.165) is 6.42 Å². The summed E-state index contributed by atoms with van der Waals surface area (Å²) in [5, 5.41) is 12.6. The Labute approximate surface area is 97.2 Å². The quantitative estimate of drug-likeness (QED) is 0.691. The highest BCUT2D eigenvalue weighted by Gasteiger charge is 2.28. The molecule has 2 N–H and O–H groups in total. The Bertz CT molecular complexity index is 215. The van der Waals surface area contributed by atoms with Crippen LogP contribution in [0, 0.1) is 5.41 Å². The lowest BCUT2D eigenvalue weighted by Crippen LogP contribution is -2.45. The number of carbonyl (C=O) groups excluding carboxylic acids is 1. The van der Waals surface area contributed by atoms with Gasteiger partial charge in [-0.25, -0.2) is 0 Å². The summed E-state index contributed by atoms with van der Waals surface area (Å²) in [6, 6.07) is 0. The number of alkyl halides is 1. The van der Waals surface area contributed by atoms with Crippen LogP contribution in [0.5, 0.6) is 0 Å². The zero-order valence-electron chi connectivity index (χ0n) is 10.1. The van der Waals surface area contributed by atoms with Gasteiger partial charge in [-0.3, -0.25) is 4.79 Å². The van der Waals surface area contributed by atoms with E-state index >= 15 is 0 Å². The van der Waals surface area contributed by atoms with Gasteiger partial charge in [-0.1, -0.05) is 13.3 Å². The first-order chi connectivity index (χ1) is 6.75. The molecule has 0 aromatic heterocycles. The van der Waals surface area contributed by atoms with E-state index in [1.54, 1.807) is 20.8 Å². The third-order valence-electron chi connectivity index (χ3n) is 2.37. The normalized spacial score (nSPS) is 15.9. The number of halogens is 1. The monoisotopic (exact) mass is 235 g/mol. The van der Waals surface area contributed by atoms with Crippen LogP contribution in [0.4, 0.5) is 0 Å². The molecule has 0 saturated carbocycles. The van der Waals surface area contributed by atoms with E-state index in [0.29, 0.717) is 6.42 Å². The SMILES string of the molecule is CCCC(C)(O)CNC(=O)C(C)(C)CCl. The largest absolute Gasteiger partial charge is 0.388 e. The van der Waals surface area contributed by atoms with E-state index < -0.39 is 11.0 Å². The molecule has 0 radical (unpaired) electrons. The highest BCUT2D eigenvalue weighted by Crippen LogP contribution is 2.18. The van der Waals surface area contributed by atoms with Crippen molar-refractivity contribution < 1.29 is 9.90 Å². The number of hydrogen-bond donors (Lipinski definition) is 2. The minimum absolute atomic E-state index is 0.117. The highest BCUT2D eigenvalue weighted by molar-refractivity contribution is 6.19. The number of nitrogens with one attached hydrogen (secondary N) is 1. The molecule has 4 heteroatoms. The van der Waals surface area contributed by atoms with Crippen molar-refractivity contribution in [2.45, 2.75) is 46.1 Å². The maximum Gasteiger partial charge on any atom is 0.226 e. The van der Waals surface area contributed by atoms with Crippen LogP contribution >= 0.6 is 11.6 Å². The molecular formula is C11H22ClNO2. The molecule has 0 saturated heterocycles. The van der Waals surface area contributed by atoms with Crippen molar-refractivity contribution in [2.75, 3.05) is 12.4 Å². The number of hydrogen-bond acceptors (Lipinski definition) is 2. The summed E-state index contributed by atoms with van der Waals surface area (Å²) in [6.07, 6.45) is 1.57. The minimum atomic E-state index is -0.827. The van der Waals surface area contributed by atoms with Crippen LogP contribution in [0.15, 0.2) is 0 Å². The Morgan fingerprint density at radius 2 is 1.93 bits per heavy atom. The first-order valence-corrected chi connectivity index (χ1v) is 5.85. The number of amides is 1. The van der Waals surface area contributed by atoms with Crippen LogP contribution in [0.1, 0.15) is 40.5 Å². The molecule has 1 atom stereocenters. The van der Waals surface area contributed by atoms with Gasteiger partial charge in [-0.2, -0.15) is 0 Å². The van der Waals surface area contributed by atoms with Crippen LogP contribution in [0.3, 0.4) is 0 Å². The third-order valence-corrected chi connectivity index (χ3v) is 3.04. The second-order valence-electron chi connectivity index (χ2n) is 4.95. The Balaban J connectivity index is 4.11. The van der Waals surface area contributed by atoms with E-state index in [1.807, 2.05) is 6.92 Å². The van der Waals surface area contributed by atoms with Crippen molar-refractivity contribution in [3.63, 3.8) is 0 Å². The van der Waals surface area contributed by atoms with Crippen molar-refractivity contribution in [1.82, 2.24) is 5.32 Å². The molecule has 90 valence electrons. The fraction of sp³-hybridized carbons (Fsp3) is 0.909. The first-order valence-electron chi connectivity index (χ1n) is 5.32. The van der Waals surface area contributed by atoms with Crippen molar-refractivity contribution in [3.8, 4) is 0 Å². The van der Waals surface area contributed by atoms with Crippen molar-refractivity contribution in [2.24, 2.45) is 5.41 Å². The summed E-state index contributed by atoms with van der Waals surface area (Å²) >= 11 is 5.68. The molecule has 0 spiro atoms. The summed E-state index contributed by atoms with van der Waals surface area (Å²) in [4.78, 5) is 11.6. The maximum atomic E-state index is 11.6. The average molecular weight is 236 g/mol. The lowest BCUT2D eigenvalue weighted by Gasteiger charge is -2.26. The zero-order valence-corrected chi connectivity index (χ0v) is 10.8. The molecule has 0 fully saturated rings. The second kappa shape index (κ2) is 5.71. The molecule has 0 bridgehead atoms. The van der Waals surface area contributed by atoms with Gasteiger partial charge >= 0.3 is 0 Å². The standard InChI is InChI=1S/C11H22ClNO2/c1-5-6-11(4,15)8-13-9(14)10(2,3)7-12/h15H,5-8H2,1-4H3,(H,13,14). The molecule has 3 nitrogen and oxygen atoms in total. The maximum absolute atomic E-state index is 11.6. The summed E-state index contributed by atoms with van der Waals surface area (Å²) in [7, 11) is 0. The summed E-state index contributed by atoms with van der Waals surface area (Å²) in [5.74, 6) is 0.156. The molecule has 0 aliphatic carbocycles. The molecular weight excluding hydrogens is 214 g/mol. The highest BCUT2D eigenvalue weighted by atomic mass is 35.5. The number of aliphatic hydroxyl groups is 1. The topological polar surface area (TPSA) is 49.3 Å². The molecule has 0 aromatic rings. The predicted octanol–water partition coefficient (Wildman–Crippen LogP) is 1.92. The van der Waals surface area contributed by atoms with Gasteiger partial charge in [-0.05, 0) is 27.2 Å². The van der Waals surface area contributed by atoms with Gasteiger partial charge in [0.1, 0.15) is 0 Å². The average Bonchev–Trinajstić information content (AvgIpc) is 2.14. The Kier molecular flexibility index (Phi) is 5.60. The fourth-order valence-electron chi connectivity index (χ4n) is 1.20. The molecule has 1 unspecified atom stereocenters. The molecule has 0 heterocycles. The molecule has 0 aliphatic heterocycles. The summed E-state index contributed by atoms with van der Waals surface area (Å²) in [6.45, 7) is 7.57. The van der Waals surface area contributed by atoms with Gasteiger partial charge in [0.05, 0.1) is 11.0 Å². The van der Waals surface area contributed by atoms with E-state index in [1.165, 1.54) is 0 Å². The van der Waals surface area contributed by atoms with Crippen molar-refractivity contribution in [3.05, 3.63) is 0 Å². The Hall–Kier alpha value is -0.280. The lowest BCUT2D eigenvalue weighted by atomic mass is 9.94. The predicted molar refractivity (Wildman–Crippen MR) is 63.0 cm³/mol. The van der Waals surface area contributed by atoms with Crippen LogP contribution in [0.2, 0.25) is 0 Å². The molecule has 15 heavy (non-hydrogen) atoms. The Morgan fingerprint density at radius 1 is 1.40 bits per heavy atom. The van der Waals surface area contributed by atoms with Gasteiger partial charge in [0.15, 0.2) is 0 Å². The Morgan fingerprint density at radius 3 is 2.33 bits per heavy atom. The summed E-state index contributed by atoms with van der Waals surface area (Å²) in [5.41, 5.74) is -1.41. The second-order valence-corrected chi connectivity index (χ2v) is 5.21. The van der Waals surface area contributed by atoms with Gasteiger partial charge in [0.25, 0.3) is 0 Å². The summed E-state index contributed by atoms with van der Waals surface area (Å²) < 4.78 is 0. The molecule has 0 rings (SSSR count). The third kappa shape index (κ3) is 5.38. The number of rotatable bonds is 6. The minimum Gasteiger partial charge on any atom is -0.388 e. The smallest absolute Gasteiger partial charge is 0.226 e. The van der Waals surface area contributed by atoms with E-state index in [9.17, 15) is 9.90 Å².